The number of fused-ring (bicyclic) bond motifs is 1. The van der Waals surface area contributed by atoms with Crippen molar-refractivity contribution in [2.45, 2.75) is 47.2 Å². The molecule has 3 aromatic rings. The van der Waals surface area contributed by atoms with Gasteiger partial charge in [-0.2, -0.15) is 0 Å². The number of nitrogens with zero attached hydrogens (tertiary/aromatic N) is 2. The van der Waals surface area contributed by atoms with E-state index in [1.165, 1.54) is 33.3 Å². The Kier molecular flexibility index (Phi) is 4.37. The van der Waals surface area contributed by atoms with E-state index in [9.17, 15) is 0 Å². The van der Waals surface area contributed by atoms with E-state index in [0.29, 0.717) is 0 Å². The molecule has 0 atom stereocenters. The van der Waals surface area contributed by atoms with E-state index in [0.717, 1.165) is 25.3 Å². The zero-order valence-electron chi connectivity index (χ0n) is 14.5. The van der Waals surface area contributed by atoms with Gasteiger partial charge in [0.25, 0.3) is 0 Å². The number of aryl methyl sites for hydroxylation is 3. The number of hydrogen-bond acceptors (Lipinski definition) is 2. The Morgan fingerprint density at radius 3 is 2.70 bits per heavy atom. The molecule has 2 heterocycles. The van der Waals surface area contributed by atoms with Gasteiger partial charge < -0.3 is 9.88 Å². The maximum atomic E-state index is 4.61. The Morgan fingerprint density at radius 1 is 1.13 bits per heavy atom. The molecule has 0 aliphatic rings. The van der Waals surface area contributed by atoms with Crippen LogP contribution in [0.1, 0.15) is 35.7 Å². The lowest BCUT2D eigenvalue weighted by Crippen LogP contribution is -2.06. The molecular formula is C20H25N3. The smallest absolute Gasteiger partial charge is 0.150 e. The molecule has 120 valence electrons. The summed E-state index contributed by atoms with van der Waals surface area (Å²) >= 11 is 0. The second kappa shape index (κ2) is 6.45. The summed E-state index contributed by atoms with van der Waals surface area (Å²) in [4.78, 5) is 4.61. The van der Waals surface area contributed by atoms with Gasteiger partial charge in [-0.05, 0) is 44.4 Å². The average molecular weight is 307 g/mol. The van der Waals surface area contributed by atoms with Crippen molar-refractivity contribution < 1.29 is 0 Å². The second-order valence-corrected chi connectivity index (χ2v) is 6.26. The van der Waals surface area contributed by atoms with Crippen molar-refractivity contribution in [2.75, 3.05) is 5.32 Å². The lowest BCUT2D eigenvalue weighted by molar-refractivity contribution is 0.683. The van der Waals surface area contributed by atoms with E-state index in [1.54, 1.807) is 0 Å². The fourth-order valence-corrected chi connectivity index (χ4v) is 3.24. The van der Waals surface area contributed by atoms with Gasteiger partial charge in [0, 0.05) is 30.4 Å². The van der Waals surface area contributed by atoms with Crippen LogP contribution in [0.5, 0.6) is 0 Å². The van der Waals surface area contributed by atoms with Gasteiger partial charge in [0.2, 0.25) is 0 Å². The normalized spacial score (nSPS) is 11.1. The van der Waals surface area contributed by atoms with E-state index < -0.39 is 0 Å². The number of nitrogens with one attached hydrogen (secondary N) is 1. The van der Waals surface area contributed by atoms with Gasteiger partial charge in [-0.1, -0.05) is 36.8 Å². The molecule has 0 amide bonds. The van der Waals surface area contributed by atoms with Crippen LogP contribution in [0.15, 0.2) is 36.5 Å². The fourth-order valence-electron chi connectivity index (χ4n) is 3.24. The Hall–Kier alpha value is -2.29. The van der Waals surface area contributed by atoms with Gasteiger partial charge in [0.15, 0.2) is 5.82 Å². The van der Waals surface area contributed by atoms with Crippen molar-refractivity contribution >= 4 is 16.7 Å². The van der Waals surface area contributed by atoms with Crippen LogP contribution in [0.4, 0.5) is 5.82 Å². The lowest BCUT2D eigenvalue weighted by atomic mass is 10.1. The molecule has 0 aliphatic carbocycles. The molecule has 0 radical (unpaired) electrons. The molecule has 1 aromatic carbocycles. The second-order valence-electron chi connectivity index (χ2n) is 6.26. The first kappa shape index (κ1) is 15.6. The van der Waals surface area contributed by atoms with Crippen LogP contribution in [0.25, 0.3) is 10.9 Å². The molecule has 0 saturated carbocycles. The van der Waals surface area contributed by atoms with Gasteiger partial charge in [-0.15, -0.1) is 0 Å². The number of rotatable bonds is 5. The first-order valence-corrected chi connectivity index (χ1v) is 8.35. The molecular weight excluding hydrogens is 282 g/mol. The molecule has 3 heteroatoms. The Morgan fingerprint density at radius 2 is 1.96 bits per heavy atom. The average Bonchev–Trinajstić information content (AvgIpc) is 2.79. The summed E-state index contributed by atoms with van der Waals surface area (Å²) in [6.07, 6.45) is 3.03. The van der Waals surface area contributed by atoms with E-state index in [1.807, 2.05) is 6.20 Å². The largest absolute Gasteiger partial charge is 0.364 e. The van der Waals surface area contributed by atoms with Crippen LogP contribution >= 0.6 is 0 Å². The summed E-state index contributed by atoms with van der Waals surface area (Å²) < 4.78 is 2.40. The van der Waals surface area contributed by atoms with Crippen molar-refractivity contribution in [2.24, 2.45) is 0 Å². The minimum Gasteiger partial charge on any atom is -0.364 e. The molecule has 0 spiro atoms. The Bertz CT molecular complexity index is 830. The quantitative estimate of drug-likeness (QED) is 0.720. The topological polar surface area (TPSA) is 29.9 Å². The zero-order valence-corrected chi connectivity index (χ0v) is 14.5. The number of benzene rings is 1. The molecule has 3 nitrogen and oxygen atoms in total. The number of hydrogen-bond donors (Lipinski definition) is 1. The lowest BCUT2D eigenvalue weighted by Gasteiger charge is -2.12. The van der Waals surface area contributed by atoms with E-state index in [2.05, 4.69) is 72.9 Å². The number of aromatic nitrogens is 2. The Labute approximate surface area is 138 Å². The van der Waals surface area contributed by atoms with Crippen molar-refractivity contribution in [1.82, 2.24) is 9.55 Å². The first-order valence-electron chi connectivity index (χ1n) is 8.35. The van der Waals surface area contributed by atoms with Crippen molar-refractivity contribution in [3.8, 4) is 0 Å². The summed E-state index contributed by atoms with van der Waals surface area (Å²) in [5.74, 6) is 0.980. The summed E-state index contributed by atoms with van der Waals surface area (Å²) in [5, 5.41) is 4.84. The molecule has 0 saturated heterocycles. The van der Waals surface area contributed by atoms with Gasteiger partial charge in [0.1, 0.15) is 0 Å². The maximum absolute atomic E-state index is 4.61. The van der Waals surface area contributed by atoms with E-state index in [4.69, 9.17) is 0 Å². The van der Waals surface area contributed by atoms with Gasteiger partial charge in [-0.3, -0.25) is 0 Å². The summed E-state index contributed by atoms with van der Waals surface area (Å²) in [5.41, 5.74) is 6.50. The van der Waals surface area contributed by atoms with Crippen LogP contribution in [0.3, 0.4) is 0 Å². The molecule has 0 unspecified atom stereocenters. The zero-order chi connectivity index (χ0) is 16.4. The van der Waals surface area contributed by atoms with Crippen molar-refractivity contribution in [3.63, 3.8) is 0 Å². The predicted molar refractivity (Wildman–Crippen MR) is 98.0 cm³/mol. The van der Waals surface area contributed by atoms with Crippen molar-refractivity contribution in [1.29, 1.82) is 0 Å². The van der Waals surface area contributed by atoms with Crippen LogP contribution in [0.2, 0.25) is 0 Å². The highest BCUT2D eigenvalue weighted by molar-refractivity contribution is 5.93. The first-order chi connectivity index (χ1) is 11.1. The monoisotopic (exact) mass is 307 g/mol. The predicted octanol–water partition coefficient (Wildman–Crippen LogP) is 4.98. The summed E-state index contributed by atoms with van der Waals surface area (Å²) in [6.45, 7) is 10.6. The standard InChI is InChI=1S/C20H25N3/c1-5-11-23-16(4)15(3)18-9-10-21-20(19(18)23)22-13-17-8-6-7-14(2)12-17/h6-10,12H,5,11,13H2,1-4H3,(H,21,22). The highest BCUT2D eigenvalue weighted by atomic mass is 15.1. The third-order valence-corrected chi connectivity index (χ3v) is 4.54. The van der Waals surface area contributed by atoms with Crippen LogP contribution in [-0.2, 0) is 13.1 Å². The minimum atomic E-state index is 0.795. The molecule has 0 fully saturated rings. The van der Waals surface area contributed by atoms with E-state index >= 15 is 0 Å². The molecule has 2 aromatic heterocycles. The molecule has 0 bridgehead atoms. The van der Waals surface area contributed by atoms with Gasteiger partial charge in [0.05, 0.1) is 5.52 Å². The fraction of sp³-hybridized carbons (Fsp3) is 0.350. The number of anilines is 1. The highest BCUT2D eigenvalue weighted by Crippen LogP contribution is 2.30. The van der Waals surface area contributed by atoms with Crippen LogP contribution < -0.4 is 5.32 Å². The number of pyridine rings is 1. The molecule has 1 N–H and O–H groups in total. The molecule has 23 heavy (non-hydrogen) atoms. The van der Waals surface area contributed by atoms with Crippen LogP contribution in [0, 0.1) is 20.8 Å². The summed E-state index contributed by atoms with van der Waals surface area (Å²) in [6, 6.07) is 10.7. The summed E-state index contributed by atoms with van der Waals surface area (Å²) in [7, 11) is 0. The minimum absolute atomic E-state index is 0.795. The third kappa shape index (κ3) is 2.96. The Balaban J connectivity index is 1.99. The maximum Gasteiger partial charge on any atom is 0.150 e. The van der Waals surface area contributed by atoms with Crippen LogP contribution in [-0.4, -0.2) is 9.55 Å². The molecule has 3 rings (SSSR count). The SMILES string of the molecule is CCCn1c(C)c(C)c2ccnc(NCc3cccc(C)c3)c21. The van der Waals surface area contributed by atoms with Crippen molar-refractivity contribution in [3.05, 3.63) is 58.9 Å². The third-order valence-electron chi connectivity index (χ3n) is 4.54. The van der Waals surface area contributed by atoms with E-state index in [-0.39, 0.29) is 0 Å². The molecule has 0 aliphatic heterocycles. The highest BCUT2D eigenvalue weighted by Gasteiger charge is 2.14. The van der Waals surface area contributed by atoms with Gasteiger partial charge >= 0.3 is 0 Å². The van der Waals surface area contributed by atoms with Gasteiger partial charge in [-0.25, -0.2) is 4.98 Å².